The molecule has 3 aliphatic rings. The lowest BCUT2D eigenvalue weighted by Crippen LogP contribution is -2.47. The third-order valence-corrected chi connectivity index (χ3v) is 19.2. The lowest BCUT2D eigenvalue weighted by molar-refractivity contribution is -0.109. The second-order valence-electron chi connectivity index (χ2n) is 20.6. The first-order valence-corrected chi connectivity index (χ1v) is 30.4. The summed E-state index contributed by atoms with van der Waals surface area (Å²) in [6.07, 6.45) is 12.3. The Kier molecular flexibility index (Phi) is 21.8. The number of rotatable bonds is 30. The van der Waals surface area contributed by atoms with Crippen molar-refractivity contribution in [2.24, 2.45) is 17.3 Å². The summed E-state index contributed by atoms with van der Waals surface area (Å²) < 4.78 is 99.1. The molecule has 4 atom stereocenters. The monoisotopic (exact) mass is 1110 g/mol. The molecule has 74 heavy (non-hydrogen) atoms. The van der Waals surface area contributed by atoms with E-state index in [1.54, 1.807) is 23.3 Å². The van der Waals surface area contributed by atoms with Crippen molar-refractivity contribution in [2.45, 2.75) is 129 Å². The molecule has 1 saturated heterocycles. The van der Waals surface area contributed by atoms with E-state index in [0.717, 1.165) is 113 Å². The molecular weight excluding hydrogens is 1030 g/mol. The zero-order chi connectivity index (χ0) is 53.5. The number of hydrogen-bond acceptors (Lipinski definition) is 12. The molecule has 1 heterocycles. The van der Waals surface area contributed by atoms with Crippen LogP contribution in [0.25, 0.3) is 0 Å². The standard InChI is InChI=1S/C54H74ClF3N6O7S3/c1-4-49(55)47-35-46(47)48-36-53(2,3)24-22-41(48)37-63-29-31-64(32-30-63)43-18-16-40(17-19-43)52(67)61-74(70,71)45-20-21-50(51(34-45)73(68,69)54(56,57)58)60-42(38-72-44-14-10-9-11-15-44)23-27-62(28-25-59-39-66)26-12-7-5-6-8-13-33-65/h9-11,14-21,33-34,39,42,46-47,49,60H,4-8,12-13,22-32,35-38H2,1-3H3,(H,59,66)(H,61,67)/t42?,46-,47?,49?/m0/s1. The van der Waals surface area contributed by atoms with E-state index in [1.165, 1.54) is 36.7 Å². The number of sulfonamides is 1. The van der Waals surface area contributed by atoms with E-state index in [4.69, 9.17) is 11.6 Å². The molecule has 3 aromatic rings. The van der Waals surface area contributed by atoms with Crippen molar-refractivity contribution in [1.29, 1.82) is 0 Å². The number of hydrogen-bond donors (Lipinski definition) is 3. The molecule has 3 N–H and O–H groups in total. The SMILES string of the molecule is CCC(Cl)C1C[C@@H]1C1=C(CN2CCN(c3ccc(C(=O)NS(=O)(=O)c4ccc(NC(CCN(CCCCCCCC=O)CCNC=O)CSc5ccccc5)c(S(=O)(=O)C(F)(F)F)c4)cc3)CC2)CCC(C)(C)C1. The molecule has 408 valence electrons. The number of carbonyl (C=O) groups excluding carboxylic acids is 3. The zero-order valence-electron chi connectivity index (χ0n) is 42.9. The Balaban J connectivity index is 1.12. The summed E-state index contributed by atoms with van der Waals surface area (Å²) in [5, 5.41) is 5.89. The number of anilines is 2. The molecular formula is C54H74ClF3N6O7S3. The van der Waals surface area contributed by atoms with E-state index < -0.39 is 52.8 Å². The molecule has 0 radical (unpaired) electrons. The highest BCUT2D eigenvalue weighted by Crippen LogP contribution is 2.55. The first-order chi connectivity index (χ1) is 35.2. The molecule has 2 fully saturated rings. The molecule has 2 aliphatic carbocycles. The van der Waals surface area contributed by atoms with Gasteiger partial charge in [0, 0.05) is 92.1 Å². The van der Waals surface area contributed by atoms with Gasteiger partial charge in [-0.05, 0) is 130 Å². The van der Waals surface area contributed by atoms with Crippen LogP contribution in [-0.4, -0.2) is 127 Å². The summed E-state index contributed by atoms with van der Waals surface area (Å²) in [4.78, 5) is 40.7. The number of piperazine rings is 1. The fourth-order valence-corrected chi connectivity index (χ4v) is 13.4. The first kappa shape index (κ1) is 59.1. The number of allylic oxidation sites excluding steroid dienone is 1. The van der Waals surface area contributed by atoms with Gasteiger partial charge in [-0.1, -0.05) is 69.4 Å². The minimum absolute atomic E-state index is 0.0120. The van der Waals surface area contributed by atoms with Crippen molar-refractivity contribution in [1.82, 2.24) is 19.8 Å². The number of carbonyl (C=O) groups is 3. The van der Waals surface area contributed by atoms with Crippen molar-refractivity contribution in [3.05, 3.63) is 89.5 Å². The Morgan fingerprint density at radius 3 is 2.30 bits per heavy atom. The van der Waals surface area contributed by atoms with Gasteiger partial charge in [-0.3, -0.25) is 14.5 Å². The van der Waals surface area contributed by atoms with Gasteiger partial charge in [0.2, 0.25) is 6.41 Å². The number of thioether (sulfide) groups is 1. The van der Waals surface area contributed by atoms with Crippen molar-refractivity contribution in [2.75, 3.05) is 74.9 Å². The number of halogens is 4. The van der Waals surface area contributed by atoms with Crippen LogP contribution in [0.4, 0.5) is 24.5 Å². The normalized spacial score (nSPS) is 19.2. The van der Waals surface area contributed by atoms with Gasteiger partial charge in [0.1, 0.15) is 11.2 Å². The number of aldehydes is 1. The van der Waals surface area contributed by atoms with Crippen LogP contribution in [0.5, 0.6) is 0 Å². The van der Waals surface area contributed by atoms with Crippen LogP contribution < -0.4 is 20.3 Å². The summed E-state index contributed by atoms with van der Waals surface area (Å²) in [5.41, 5.74) is -1.91. The van der Waals surface area contributed by atoms with Crippen molar-refractivity contribution < 1.29 is 44.4 Å². The molecule has 1 aliphatic heterocycles. The van der Waals surface area contributed by atoms with Gasteiger partial charge >= 0.3 is 5.51 Å². The quantitative estimate of drug-likeness (QED) is 0.0191. The summed E-state index contributed by atoms with van der Waals surface area (Å²) in [7, 11) is -11.0. The van der Waals surface area contributed by atoms with Gasteiger partial charge in [0.15, 0.2) is 0 Å². The van der Waals surface area contributed by atoms with E-state index in [-0.39, 0.29) is 16.4 Å². The summed E-state index contributed by atoms with van der Waals surface area (Å²) in [6, 6.07) is 17.5. The van der Waals surface area contributed by atoms with Gasteiger partial charge in [-0.25, -0.2) is 21.6 Å². The topological polar surface area (TPSA) is 165 Å². The van der Waals surface area contributed by atoms with Crippen LogP contribution in [0, 0.1) is 17.3 Å². The van der Waals surface area contributed by atoms with E-state index in [1.807, 2.05) is 35.1 Å². The third-order valence-electron chi connectivity index (χ3n) is 14.5. The number of nitrogens with one attached hydrogen (secondary N) is 3. The third kappa shape index (κ3) is 16.9. The highest BCUT2D eigenvalue weighted by Gasteiger charge is 2.49. The van der Waals surface area contributed by atoms with Crippen LogP contribution in [0.2, 0.25) is 0 Å². The van der Waals surface area contributed by atoms with E-state index >= 15 is 0 Å². The Labute approximate surface area is 446 Å². The van der Waals surface area contributed by atoms with Crippen molar-refractivity contribution in [3.8, 4) is 0 Å². The number of unbranched alkanes of at least 4 members (excludes halogenated alkanes) is 5. The van der Waals surface area contributed by atoms with Crippen LogP contribution in [0.3, 0.4) is 0 Å². The Bertz CT molecular complexity index is 2580. The lowest BCUT2D eigenvalue weighted by Gasteiger charge is -2.39. The van der Waals surface area contributed by atoms with Gasteiger partial charge in [0.05, 0.1) is 10.6 Å². The molecule has 3 unspecified atom stereocenters. The predicted molar refractivity (Wildman–Crippen MR) is 289 cm³/mol. The summed E-state index contributed by atoms with van der Waals surface area (Å²) >= 11 is 8.12. The maximum absolute atomic E-state index is 14.4. The maximum atomic E-state index is 14.4. The molecule has 6 rings (SSSR count). The van der Waals surface area contributed by atoms with Gasteiger partial charge < -0.3 is 25.2 Å². The molecule has 0 spiro atoms. The second kappa shape index (κ2) is 27.3. The molecule has 1 saturated carbocycles. The fourth-order valence-electron chi connectivity index (χ4n) is 10.1. The Morgan fingerprint density at radius 2 is 1.62 bits per heavy atom. The molecule has 3 aromatic carbocycles. The van der Waals surface area contributed by atoms with E-state index in [0.29, 0.717) is 69.1 Å². The van der Waals surface area contributed by atoms with Crippen molar-refractivity contribution in [3.63, 3.8) is 0 Å². The Hall–Kier alpha value is -4.14. The highest BCUT2D eigenvalue weighted by atomic mass is 35.5. The second-order valence-corrected chi connectivity index (χ2v) is 25.9. The van der Waals surface area contributed by atoms with Crippen molar-refractivity contribution >= 4 is 73.2 Å². The van der Waals surface area contributed by atoms with Crippen LogP contribution in [-0.2, 0) is 29.4 Å². The smallest absolute Gasteiger partial charge is 0.380 e. The molecule has 0 aromatic heterocycles. The maximum Gasteiger partial charge on any atom is 0.501 e. The lowest BCUT2D eigenvalue weighted by atomic mass is 9.72. The van der Waals surface area contributed by atoms with E-state index in [9.17, 15) is 44.4 Å². The number of sulfone groups is 1. The van der Waals surface area contributed by atoms with E-state index in [2.05, 4.69) is 46.1 Å². The number of nitrogens with zero attached hydrogens (tertiary/aromatic N) is 3. The highest BCUT2D eigenvalue weighted by molar-refractivity contribution is 7.99. The minimum atomic E-state index is -6.13. The van der Waals surface area contributed by atoms with Gasteiger partial charge in [-0.15, -0.1) is 23.4 Å². The van der Waals surface area contributed by atoms with Crippen LogP contribution >= 0.6 is 23.4 Å². The summed E-state index contributed by atoms with van der Waals surface area (Å²) in [6.45, 7) is 13.0. The number of alkyl halides is 4. The average Bonchev–Trinajstić information content (AvgIpc) is 4.18. The van der Waals surface area contributed by atoms with Crippen LogP contribution in [0.1, 0.15) is 108 Å². The predicted octanol–water partition coefficient (Wildman–Crippen LogP) is 9.93. The average molecular weight is 1110 g/mol. The van der Waals surface area contributed by atoms with Gasteiger partial charge in [0.25, 0.3) is 25.8 Å². The summed E-state index contributed by atoms with van der Waals surface area (Å²) in [5.74, 6) is 0.420. The molecule has 20 heteroatoms. The largest absolute Gasteiger partial charge is 0.501 e. The molecule has 2 amide bonds. The minimum Gasteiger partial charge on any atom is -0.380 e. The fraction of sp³-hybridized carbons (Fsp3) is 0.574. The first-order valence-electron chi connectivity index (χ1n) is 26.0. The zero-order valence-corrected chi connectivity index (χ0v) is 46.1. The van der Waals surface area contributed by atoms with Gasteiger partial charge in [-0.2, -0.15) is 13.2 Å². The number of benzene rings is 3. The molecule has 13 nitrogen and oxygen atoms in total. The molecule has 0 bridgehead atoms. The van der Waals surface area contributed by atoms with Crippen LogP contribution in [0.15, 0.2) is 98.6 Å². The Morgan fingerprint density at radius 1 is 0.919 bits per heavy atom. The number of amides is 2.